The van der Waals surface area contributed by atoms with Gasteiger partial charge in [0.25, 0.3) is 0 Å². The fraction of sp³-hybridized carbons (Fsp3) is 0.143. The van der Waals surface area contributed by atoms with Crippen LogP contribution in [0.1, 0.15) is 5.56 Å². The molecule has 118 valence electrons. The molecule has 0 saturated heterocycles. The molecule has 22 heavy (non-hydrogen) atoms. The van der Waals surface area contributed by atoms with Crippen LogP contribution < -0.4 is 4.18 Å². The Balaban J connectivity index is 2.32. The third kappa shape index (κ3) is 4.30. The highest BCUT2D eigenvalue weighted by Gasteiger charge is 2.21. The molecule has 3 nitrogen and oxygen atoms in total. The van der Waals surface area contributed by atoms with Gasteiger partial charge in [-0.3, -0.25) is 0 Å². The lowest BCUT2D eigenvalue weighted by molar-refractivity contribution is 0.486. The van der Waals surface area contributed by atoms with Crippen molar-refractivity contribution in [3.05, 3.63) is 57.0 Å². The van der Waals surface area contributed by atoms with Gasteiger partial charge in [0, 0.05) is 10.4 Å². The maximum Gasteiger partial charge on any atom is 0.339 e. The Morgan fingerprint density at radius 1 is 1.00 bits per heavy atom. The number of benzene rings is 2. The topological polar surface area (TPSA) is 43.4 Å². The zero-order valence-electron chi connectivity index (χ0n) is 11.0. The molecule has 0 saturated carbocycles. The minimum atomic E-state index is -4.03. The summed E-state index contributed by atoms with van der Waals surface area (Å²) in [7, 11) is -4.03. The summed E-state index contributed by atoms with van der Waals surface area (Å²) in [5.41, 5.74) is 1.01. The fourth-order valence-corrected chi connectivity index (χ4v) is 4.11. The lowest BCUT2D eigenvalue weighted by Gasteiger charge is -2.11. The molecular weight excluding hydrogens is 434 g/mol. The molecule has 2 aromatic rings. The van der Waals surface area contributed by atoms with Gasteiger partial charge < -0.3 is 4.18 Å². The first kappa shape index (κ1) is 17.9. The Morgan fingerprint density at radius 3 is 2.05 bits per heavy atom. The number of hydrogen-bond acceptors (Lipinski definition) is 3. The van der Waals surface area contributed by atoms with Crippen LogP contribution in [-0.2, 0) is 16.5 Å². The Hall–Kier alpha value is -0.460. The molecule has 0 aromatic heterocycles. The second-order valence-corrected chi connectivity index (χ2v) is 7.91. The van der Waals surface area contributed by atoms with E-state index in [0.717, 1.165) is 17.3 Å². The van der Waals surface area contributed by atoms with E-state index in [1.54, 1.807) is 12.1 Å². The molecular formula is C14H10BrCl3O3S. The van der Waals surface area contributed by atoms with Gasteiger partial charge in [0.2, 0.25) is 0 Å². The Labute approximate surface area is 152 Å². The molecule has 0 aliphatic rings. The summed E-state index contributed by atoms with van der Waals surface area (Å²) in [6, 6.07) is 9.12. The molecule has 0 atom stereocenters. The van der Waals surface area contributed by atoms with Crippen molar-refractivity contribution >= 4 is 60.9 Å². The second kappa shape index (κ2) is 7.41. The molecule has 0 N–H and O–H groups in total. The fourth-order valence-electron chi connectivity index (χ4n) is 1.70. The lowest BCUT2D eigenvalue weighted by Crippen LogP contribution is -2.10. The van der Waals surface area contributed by atoms with E-state index >= 15 is 0 Å². The zero-order chi connectivity index (χ0) is 16.3. The van der Waals surface area contributed by atoms with E-state index in [0.29, 0.717) is 5.02 Å². The van der Waals surface area contributed by atoms with Crippen LogP contribution in [0.25, 0.3) is 0 Å². The van der Waals surface area contributed by atoms with Crippen LogP contribution in [0, 0.1) is 0 Å². The Kier molecular flexibility index (Phi) is 6.02. The van der Waals surface area contributed by atoms with Crippen molar-refractivity contribution < 1.29 is 12.6 Å². The van der Waals surface area contributed by atoms with Crippen molar-refractivity contribution in [3.63, 3.8) is 0 Å². The van der Waals surface area contributed by atoms with Crippen molar-refractivity contribution in [3.8, 4) is 5.75 Å². The van der Waals surface area contributed by atoms with Crippen molar-refractivity contribution in [2.75, 3.05) is 5.33 Å². The van der Waals surface area contributed by atoms with Crippen molar-refractivity contribution in [2.24, 2.45) is 0 Å². The van der Waals surface area contributed by atoms with Gasteiger partial charge in [0.15, 0.2) is 5.75 Å². The largest absolute Gasteiger partial charge is 0.376 e. The molecule has 8 heteroatoms. The summed E-state index contributed by atoms with van der Waals surface area (Å²) in [6.07, 6.45) is 0.802. The molecule has 2 rings (SSSR count). The number of aryl methyl sites for hydroxylation is 1. The van der Waals surface area contributed by atoms with Gasteiger partial charge in [-0.05, 0) is 36.2 Å². The van der Waals surface area contributed by atoms with Crippen LogP contribution in [-0.4, -0.2) is 13.7 Å². The molecule has 0 aliphatic heterocycles. The van der Waals surface area contributed by atoms with Crippen LogP contribution in [0.15, 0.2) is 41.3 Å². The maximum atomic E-state index is 12.3. The number of rotatable bonds is 5. The van der Waals surface area contributed by atoms with Gasteiger partial charge in [-0.15, -0.1) is 0 Å². The van der Waals surface area contributed by atoms with Gasteiger partial charge in [0.1, 0.15) is 4.90 Å². The van der Waals surface area contributed by atoms with E-state index in [9.17, 15) is 8.42 Å². The van der Waals surface area contributed by atoms with Gasteiger partial charge in [0.05, 0.1) is 10.0 Å². The SMILES string of the molecule is O=S(=O)(Oc1c(Cl)cc(Cl)cc1Cl)c1ccc(CCBr)cc1. The van der Waals surface area contributed by atoms with E-state index in [2.05, 4.69) is 15.9 Å². The average molecular weight is 445 g/mol. The predicted molar refractivity (Wildman–Crippen MR) is 93.2 cm³/mol. The zero-order valence-corrected chi connectivity index (χ0v) is 15.7. The first-order chi connectivity index (χ1) is 10.3. The normalized spacial score (nSPS) is 11.5. The maximum absolute atomic E-state index is 12.3. The van der Waals surface area contributed by atoms with E-state index in [1.807, 2.05) is 0 Å². The molecule has 2 aromatic carbocycles. The lowest BCUT2D eigenvalue weighted by atomic mass is 10.2. The van der Waals surface area contributed by atoms with Gasteiger partial charge in [-0.2, -0.15) is 8.42 Å². The molecule has 0 unspecified atom stereocenters. The average Bonchev–Trinajstić information content (AvgIpc) is 2.44. The van der Waals surface area contributed by atoms with Crippen LogP contribution in [0.2, 0.25) is 15.1 Å². The molecule has 0 amide bonds. The molecule has 0 heterocycles. The summed E-state index contributed by atoms with van der Waals surface area (Å²) in [5, 5.41) is 1.14. The van der Waals surface area contributed by atoms with E-state index in [1.165, 1.54) is 24.3 Å². The first-order valence-electron chi connectivity index (χ1n) is 6.07. The highest BCUT2D eigenvalue weighted by Crippen LogP contribution is 2.37. The van der Waals surface area contributed by atoms with Gasteiger partial charge in [-0.25, -0.2) is 0 Å². The van der Waals surface area contributed by atoms with Crippen LogP contribution in [0.5, 0.6) is 5.75 Å². The van der Waals surface area contributed by atoms with Crippen molar-refractivity contribution in [1.29, 1.82) is 0 Å². The monoisotopic (exact) mass is 442 g/mol. The summed E-state index contributed by atoms with van der Waals surface area (Å²) >= 11 is 21.0. The molecule has 0 aliphatic carbocycles. The minimum Gasteiger partial charge on any atom is -0.376 e. The van der Waals surface area contributed by atoms with Crippen molar-refractivity contribution in [2.45, 2.75) is 11.3 Å². The summed E-state index contributed by atoms with van der Waals surface area (Å²) in [6.45, 7) is 0. The Morgan fingerprint density at radius 2 is 1.55 bits per heavy atom. The number of halogens is 4. The number of hydrogen-bond donors (Lipinski definition) is 0. The van der Waals surface area contributed by atoms with Gasteiger partial charge >= 0.3 is 10.1 Å². The quantitative estimate of drug-likeness (QED) is 0.461. The predicted octanol–water partition coefficient (Wildman–Crippen LogP) is 5.35. The summed E-state index contributed by atoms with van der Waals surface area (Å²) in [5.74, 6) is -0.141. The van der Waals surface area contributed by atoms with Gasteiger partial charge in [-0.1, -0.05) is 62.9 Å². The standard InChI is InChI=1S/C14H10BrCl3O3S/c15-6-5-9-1-3-11(4-2-9)22(19,20)21-14-12(17)7-10(16)8-13(14)18/h1-4,7-8H,5-6H2. The number of alkyl halides is 1. The third-order valence-electron chi connectivity index (χ3n) is 2.75. The van der Waals surface area contributed by atoms with E-state index in [4.69, 9.17) is 39.0 Å². The first-order valence-corrected chi connectivity index (χ1v) is 9.74. The molecule has 0 bridgehead atoms. The van der Waals surface area contributed by atoms with E-state index in [-0.39, 0.29) is 20.7 Å². The molecule has 0 radical (unpaired) electrons. The molecule has 0 spiro atoms. The highest BCUT2D eigenvalue weighted by molar-refractivity contribution is 9.09. The van der Waals surface area contributed by atoms with E-state index < -0.39 is 10.1 Å². The minimum absolute atomic E-state index is 0.0212. The van der Waals surface area contributed by atoms with Crippen LogP contribution in [0.4, 0.5) is 0 Å². The van der Waals surface area contributed by atoms with Crippen LogP contribution >= 0.6 is 50.7 Å². The summed E-state index contributed by atoms with van der Waals surface area (Å²) < 4.78 is 29.6. The molecule has 0 fully saturated rings. The summed E-state index contributed by atoms with van der Waals surface area (Å²) in [4.78, 5) is 0.0212. The van der Waals surface area contributed by atoms with Crippen molar-refractivity contribution in [1.82, 2.24) is 0 Å². The van der Waals surface area contributed by atoms with Crippen LogP contribution in [0.3, 0.4) is 0 Å². The Bertz CT molecular complexity index is 753. The second-order valence-electron chi connectivity index (χ2n) is 4.32. The smallest absolute Gasteiger partial charge is 0.339 e. The third-order valence-corrected chi connectivity index (χ3v) is 5.16. The highest BCUT2D eigenvalue weighted by atomic mass is 79.9.